The zero-order chi connectivity index (χ0) is 13.2. The maximum absolute atomic E-state index is 5.56. The predicted molar refractivity (Wildman–Crippen MR) is 74.8 cm³/mol. The van der Waals surface area contributed by atoms with E-state index in [1.807, 2.05) is 0 Å². The van der Waals surface area contributed by atoms with E-state index in [1.54, 1.807) is 7.11 Å². The number of nitrogens with one attached hydrogen (secondary N) is 1. The normalized spacial score (nSPS) is 24.0. The SMILES string of the molecule is COc1nc(C2CCC2)nc(C)c1C1CCCNC1. The third kappa shape index (κ3) is 2.46. The Labute approximate surface area is 115 Å². The average Bonchev–Trinajstić information content (AvgIpc) is 2.37. The van der Waals surface area contributed by atoms with Crippen molar-refractivity contribution < 1.29 is 4.74 Å². The third-order valence-electron chi connectivity index (χ3n) is 4.49. The van der Waals surface area contributed by atoms with Gasteiger partial charge in [0.1, 0.15) is 5.82 Å². The second-order valence-electron chi connectivity index (χ2n) is 5.76. The van der Waals surface area contributed by atoms with E-state index >= 15 is 0 Å². The highest BCUT2D eigenvalue weighted by atomic mass is 16.5. The van der Waals surface area contributed by atoms with Crippen LogP contribution < -0.4 is 10.1 Å². The maximum atomic E-state index is 5.56. The topological polar surface area (TPSA) is 47.0 Å². The van der Waals surface area contributed by atoms with Gasteiger partial charge in [-0.3, -0.25) is 0 Å². The number of aromatic nitrogens is 2. The summed E-state index contributed by atoms with van der Waals surface area (Å²) in [5.41, 5.74) is 2.33. The van der Waals surface area contributed by atoms with E-state index in [-0.39, 0.29) is 0 Å². The third-order valence-corrected chi connectivity index (χ3v) is 4.49. The van der Waals surface area contributed by atoms with E-state index in [0.29, 0.717) is 11.8 Å². The van der Waals surface area contributed by atoms with Gasteiger partial charge in [0, 0.05) is 29.6 Å². The molecule has 0 amide bonds. The molecule has 104 valence electrons. The standard InChI is InChI=1S/C15H23N3O/c1-10-13(12-7-4-8-16-9-12)15(19-2)18-14(17-10)11-5-3-6-11/h11-12,16H,3-9H2,1-2H3. The van der Waals surface area contributed by atoms with Gasteiger partial charge in [-0.1, -0.05) is 6.42 Å². The molecule has 1 atom stereocenters. The van der Waals surface area contributed by atoms with Gasteiger partial charge in [0.25, 0.3) is 0 Å². The molecule has 4 heteroatoms. The molecule has 19 heavy (non-hydrogen) atoms. The van der Waals surface area contributed by atoms with Crippen molar-refractivity contribution in [3.63, 3.8) is 0 Å². The fourth-order valence-corrected chi connectivity index (χ4v) is 3.15. The molecule has 0 bridgehead atoms. The van der Waals surface area contributed by atoms with E-state index in [4.69, 9.17) is 9.72 Å². The molecule has 1 saturated carbocycles. The first-order valence-corrected chi connectivity index (χ1v) is 7.42. The van der Waals surface area contributed by atoms with Crippen LogP contribution in [0, 0.1) is 6.92 Å². The van der Waals surface area contributed by atoms with E-state index < -0.39 is 0 Å². The van der Waals surface area contributed by atoms with Gasteiger partial charge in [-0.05, 0) is 39.2 Å². The van der Waals surface area contributed by atoms with Gasteiger partial charge >= 0.3 is 0 Å². The zero-order valence-corrected chi connectivity index (χ0v) is 11.9. The second kappa shape index (κ2) is 5.45. The molecule has 3 rings (SSSR count). The van der Waals surface area contributed by atoms with E-state index in [1.165, 1.54) is 37.7 Å². The maximum Gasteiger partial charge on any atom is 0.220 e. The Morgan fingerprint density at radius 2 is 1.89 bits per heavy atom. The monoisotopic (exact) mass is 261 g/mol. The molecule has 2 heterocycles. The van der Waals surface area contributed by atoms with Crippen LogP contribution in [0.4, 0.5) is 0 Å². The van der Waals surface area contributed by atoms with Crippen LogP contribution in [0.15, 0.2) is 0 Å². The molecule has 1 unspecified atom stereocenters. The van der Waals surface area contributed by atoms with Gasteiger partial charge in [-0.2, -0.15) is 4.98 Å². The average molecular weight is 261 g/mol. The Morgan fingerprint density at radius 1 is 1.11 bits per heavy atom. The molecule has 1 N–H and O–H groups in total. The Morgan fingerprint density at radius 3 is 2.47 bits per heavy atom. The highest BCUT2D eigenvalue weighted by Crippen LogP contribution is 2.38. The molecule has 1 aliphatic heterocycles. The molecular weight excluding hydrogens is 238 g/mol. The Bertz CT molecular complexity index is 451. The number of rotatable bonds is 3. The molecule has 4 nitrogen and oxygen atoms in total. The number of piperidine rings is 1. The molecule has 1 aliphatic carbocycles. The molecule has 0 aromatic carbocycles. The first kappa shape index (κ1) is 12.9. The van der Waals surface area contributed by atoms with Gasteiger partial charge in [0.2, 0.25) is 5.88 Å². The fourth-order valence-electron chi connectivity index (χ4n) is 3.15. The number of ether oxygens (including phenoxy) is 1. The van der Waals surface area contributed by atoms with Crippen molar-refractivity contribution in [2.45, 2.75) is 50.9 Å². The van der Waals surface area contributed by atoms with Crippen LogP contribution in [-0.4, -0.2) is 30.2 Å². The van der Waals surface area contributed by atoms with Gasteiger partial charge in [0.15, 0.2) is 0 Å². The summed E-state index contributed by atoms with van der Waals surface area (Å²) in [6.45, 7) is 4.25. The molecule has 1 aromatic rings. The van der Waals surface area contributed by atoms with Crippen LogP contribution in [0.25, 0.3) is 0 Å². The number of hydrogen-bond donors (Lipinski definition) is 1. The molecule has 0 spiro atoms. The number of methoxy groups -OCH3 is 1. The van der Waals surface area contributed by atoms with Gasteiger partial charge in [-0.25, -0.2) is 4.98 Å². The summed E-state index contributed by atoms with van der Waals surface area (Å²) in [6.07, 6.45) is 6.19. The summed E-state index contributed by atoms with van der Waals surface area (Å²) in [6, 6.07) is 0. The molecule has 2 fully saturated rings. The molecule has 2 aliphatic rings. The smallest absolute Gasteiger partial charge is 0.220 e. The van der Waals surface area contributed by atoms with Crippen molar-refractivity contribution in [1.29, 1.82) is 0 Å². The van der Waals surface area contributed by atoms with Gasteiger partial charge in [-0.15, -0.1) is 0 Å². The zero-order valence-electron chi connectivity index (χ0n) is 11.9. The minimum Gasteiger partial charge on any atom is -0.481 e. The van der Waals surface area contributed by atoms with E-state index in [9.17, 15) is 0 Å². The highest BCUT2D eigenvalue weighted by Gasteiger charge is 2.27. The van der Waals surface area contributed by atoms with Crippen LogP contribution in [0.5, 0.6) is 5.88 Å². The second-order valence-corrected chi connectivity index (χ2v) is 5.76. The summed E-state index contributed by atoms with van der Waals surface area (Å²) in [5, 5.41) is 3.46. The minimum absolute atomic E-state index is 0.499. The van der Waals surface area contributed by atoms with E-state index in [0.717, 1.165) is 30.5 Å². The van der Waals surface area contributed by atoms with Crippen LogP contribution >= 0.6 is 0 Å². The molecular formula is C15H23N3O. The summed E-state index contributed by atoms with van der Waals surface area (Å²) in [5.74, 6) is 2.86. The molecule has 1 aromatic heterocycles. The van der Waals surface area contributed by atoms with Crippen molar-refractivity contribution in [3.05, 3.63) is 17.1 Å². The molecule has 1 saturated heterocycles. The summed E-state index contributed by atoms with van der Waals surface area (Å²) >= 11 is 0. The molecule has 0 radical (unpaired) electrons. The van der Waals surface area contributed by atoms with Crippen LogP contribution in [0.2, 0.25) is 0 Å². The summed E-state index contributed by atoms with van der Waals surface area (Å²) < 4.78 is 5.56. The predicted octanol–water partition coefficient (Wildman–Crippen LogP) is 2.53. The van der Waals surface area contributed by atoms with Crippen LogP contribution in [-0.2, 0) is 0 Å². The van der Waals surface area contributed by atoms with Crippen molar-refractivity contribution in [2.75, 3.05) is 20.2 Å². The Kier molecular flexibility index (Phi) is 3.69. The van der Waals surface area contributed by atoms with Crippen LogP contribution in [0.3, 0.4) is 0 Å². The summed E-state index contributed by atoms with van der Waals surface area (Å²) in [7, 11) is 1.73. The van der Waals surface area contributed by atoms with Crippen molar-refractivity contribution in [2.24, 2.45) is 0 Å². The number of aryl methyl sites for hydroxylation is 1. The highest BCUT2D eigenvalue weighted by molar-refractivity contribution is 5.35. The lowest BCUT2D eigenvalue weighted by atomic mass is 9.84. The summed E-state index contributed by atoms with van der Waals surface area (Å²) in [4.78, 5) is 9.45. The number of nitrogens with zero attached hydrogens (tertiary/aromatic N) is 2. The first-order chi connectivity index (χ1) is 9.29. The van der Waals surface area contributed by atoms with Gasteiger partial charge < -0.3 is 10.1 Å². The fraction of sp³-hybridized carbons (Fsp3) is 0.733. The van der Waals surface area contributed by atoms with Gasteiger partial charge in [0.05, 0.1) is 7.11 Å². The van der Waals surface area contributed by atoms with Crippen molar-refractivity contribution in [3.8, 4) is 5.88 Å². The van der Waals surface area contributed by atoms with Crippen LogP contribution in [0.1, 0.15) is 61.0 Å². The lowest BCUT2D eigenvalue weighted by Crippen LogP contribution is -2.29. The van der Waals surface area contributed by atoms with Crippen molar-refractivity contribution in [1.82, 2.24) is 15.3 Å². The largest absolute Gasteiger partial charge is 0.481 e. The lowest BCUT2D eigenvalue weighted by molar-refractivity contribution is 0.356. The quantitative estimate of drug-likeness (QED) is 0.908. The van der Waals surface area contributed by atoms with Crippen molar-refractivity contribution >= 4 is 0 Å². The number of hydrogen-bond acceptors (Lipinski definition) is 4. The van der Waals surface area contributed by atoms with E-state index in [2.05, 4.69) is 17.2 Å². The minimum atomic E-state index is 0.499. The first-order valence-electron chi connectivity index (χ1n) is 7.42. The lowest BCUT2D eigenvalue weighted by Gasteiger charge is -2.28. The Balaban J connectivity index is 1.93. The Hall–Kier alpha value is -1.16.